The predicted octanol–water partition coefficient (Wildman–Crippen LogP) is 7.47. The van der Waals surface area contributed by atoms with Gasteiger partial charge in [0.1, 0.15) is 19.5 Å². The summed E-state index contributed by atoms with van der Waals surface area (Å²) in [5, 5.41) is 9.92. The first kappa shape index (κ1) is 40.9. The molecular formula is C41H42N2O10. The number of hydrogen-bond donors (Lipinski definition) is 1. The Morgan fingerprint density at radius 1 is 0.679 bits per heavy atom. The van der Waals surface area contributed by atoms with E-state index in [1.807, 2.05) is 60.7 Å². The Labute approximate surface area is 308 Å². The molecule has 0 saturated heterocycles. The molecule has 1 atom stereocenters. The number of hydrogen-bond acceptors (Lipinski definition) is 10. The minimum absolute atomic E-state index is 0.102. The summed E-state index contributed by atoms with van der Waals surface area (Å²) in [4.78, 5) is 62.7. The van der Waals surface area contributed by atoms with E-state index in [9.17, 15) is 29.1 Å². The van der Waals surface area contributed by atoms with E-state index < -0.39 is 30.2 Å². The van der Waals surface area contributed by atoms with Gasteiger partial charge in [-0.3, -0.25) is 14.6 Å². The van der Waals surface area contributed by atoms with Crippen molar-refractivity contribution in [1.82, 2.24) is 0 Å². The molecule has 1 unspecified atom stereocenters. The van der Waals surface area contributed by atoms with Gasteiger partial charge < -0.3 is 24.1 Å². The molecule has 0 fully saturated rings. The highest BCUT2D eigenvalue weighted by molar-refractivity contribution is 5.96. The number of nitrogens with zero attached hydrogens (tertiary/aromatic N) is 2. The van der Waals surface area contributed by atoms with Crippen LogP contribution in [0.2, 0.25) is 0 Å². The third kappa shape index (κ3) is 12.3. The molecule has 2 amide bonds. The molecule has 0 radical (unpaired) electrons. The Kier molecular flexibility index (Phi) is 16.2. The summed E-state index contributed by atoms with van der Waals surface area (Å²) in [5.41, 5.74) is 3.58. The fourth-order valence-corrected chi connectivity index (χ4v) is 4.78. The molecule has 12 heteroatoms. The van der Waals surface area contributed by atoms with Gasteiger partial charge in [0.15, 0.2) is 0 Å². The van der Waals surface area contributed by atoms with Crippen molar-refractivity contribution >= 4 is 41.8 Å². The van der Waals surface area contributed by atoms with Crippen LogP contribution in [0.15, 0.2) is 122 Å². The normalized spacial score (nSPS) is 10.6. The zero-order valence-electron chi connectivity index (χ0n) is 29.8. The Hall–Kier alpha value is -6.53. The maximum atomic E-state index is 12.6. The van der Waals surface area contributed by atoms with Gasteiger partial charge in [-0.25, -0.2) is 19.2 Å². The van der Waals surface area contributed by atoms with Crippen LogP contribution in [0, 0.1) is 0 Å². The lowest BCUT2D eigenvalue weighted by Crippen LogP contribution is -2.32. The molecule has 0 saturated carbocycles. The average molecular weight is 723 g/mol. The van der Waals surface area contributed by atoms with E-state index in [1.165, 1.54) is 60.4 Å². The van der Waals surface area contributed by atoms with Gasteiger partial charge in [0.25, 0.3) is 0 Å². The summed E-state index contributed by atoms with van der Waals surface area (Å²) in [7, 11) is 2.51. The largest absolute Gasteiger partial charge is 0.465 e. The SMILES string of the molecule is C=CCN(C(=O)OCc1ccccc1)c1cc(C(=O)OC)cc(C(C)O)c1.C=CCN(C(=O)OCc1ccccc1)c1cc(C=O)cc(C(=O)OC)c1. The van der Waals surface area contributed by atoms with E-state index in [0.717, 1.165) is 11.1 Å². The summed E-state index contributed by atoms with van der Waals surface area (Å²) in [6.45, 7) is 9.42. The van der Waals surface area contributed by atoms with Crippen LogP contribution in [0.25, 0.3) is 0 Å². The van der Waals surface area contributed by atoms with Crippen LogP contribution in [0.4, 0.5) is 21.0 Å². The lowest BCUT2D eigenvalue weighted by molar-refractivity contribution is 0.0591. The lowest BCUT2D eigenvalue weighted by Gasteiger charge is -2.22. The van der Waals surface area contributed by atoms with E-state index >= 15 is 0 Å². The summed E-state index contributed by atoms with van der Waals surface area (Å²) < 4.78 is 20.2. The fraction of sp³-hybridized carbons (Fsp3) is 0.195. The van der Waals surface area contributed by atoms with E-state index in [0.29, 0.717) is 23.2 Å². The van der Waals surface area contributed by atoms with Gasteiger partial charge >= 0.3 is 24.1 Å². The van der Waals surface area contributed by atoms with Crippen LogP contribution in [-0.4, -0.2) is 62.8 Å². The first-order valence-corrected chi connectivity index (χ1v) is 16.3. The van der Waals surface area contributed by atoms with Gasteiger partial charge in [0, 0.05) is 30.0 Å². The minimum atomic E-state index is -0.820. The number of esters is 2. The van der Waals surface area contributed by atoms with Crippen LogP contribution in [0.5, 0.6) is 0 Å². The predicted molar refractivity (Wildman–Crippen MR) is 200 cm³/mol. The molecule has 4 rings (SSSR count). The van der Waals surface area contributed by atoms with Crippen LogP contribution in [0.3, 0.4) is 0 Å². The number of aliphatic hydroxyl groups excluding tert-OH is 1. The zero-order valence-corrected chi connectivity index (χ0v) is 29.8. The standard InChI is InChI=1S/C21H23NO5.C20H19NO5/c1-4-10-22(21(25)27-14-16-8-6-5-7-9-16)19-12-17(15(2)23)11-18(13-19)20(24)26-3;1-3-9-21(20(24)26-14-15-7-5-4-6-8-15)18-11-16(13-22)10-17(12-18)19(23)25-2/h4-9,11-13,15,23H,1,10,14H2,2-3H3;3-8,10-13H,1,9,14H2,2H3. The Morgan fingerprint density at radius 3 is 1.51 bits per heavy atom. The summed E-state index contributed by atoms with van der Waals surface area (Å²) in [5.74, 6) is -1.17. The molecule has 4 aromatic carbocycles. The molecule has 0 spiro atoms. The second-order valence-electron chi connectivity index (χ2n) is 11.3. The molecule has 53 heavy (non-hydrogen) atoms. The quantitative estimate of drug-likeness (QED) is 0.0601. The minimum Gasteiger partial charge on any atom is -0.465 e. The van der Waals surface area contributed by atoms with Crippen molar-refractivity contribution < 1.29 is 48.0 Å². The van der Waals surface area contributed by atoms with Crippen LogP contribution < -0.4 is 9.80 Å². The summed E-state index contributed by atoms with van der Waals surface area (Å²) >= 11 is 0. The molecule has 276 valence electrons. The highest BCUT2D eigenvalue weighted by Gasteiger charge is 2.21. The number of benzene rings is 4. The van der Waals surface area contributed by atoms with Crippen LogP contribution in [-0.2, 0) is 32.2 Å². The van der Waals surface area contributed by atoms with Crippen molar-refractivity contribution in [3.63, 3.8) is 0 Å². The van der Waals surface area contributed by atoms with Crippen LogP contribution >= 0.6 is 0 Å². The van der Waals surface area contributed by atoms with Gasteiger partial charge in [-0.05, 0) is 60.0 Å². The number of rotatable bonds is 14. The highest BCUT2D eigenvalue weighted by Crippen LogP contribution is 2.25. The molecule has 0 aromatic heterocycles. The third-order valence-electron chi connectivity index (χ3n) is 7.44. The number of aliphatic hydroxyl groups is 1. The smallest absolute Gasteiger partial charge is 0.414 e. The monoisotopic (exact) mass is 722 g/mol. The number of anilines is 2. The van der Waals surface area contributed by atoms with Gasteiger partial charge in [-0.2, -0.15) is 0 Å². The second-order valence-corrected chi connectivity index (χ2v) is 11.3. The molecule has 0 aliphatic carbocycles. The number of carbonyl (C=O) groups excluding carboxylic acids is 5. The van der Waals surface area contributed by atoms with Crippen molar-refractivity contribution in [2.24, 2.45) is 0 Å². The van der Waals surface area contributed by atoms with Crippen molar-refractivity contribution in [2.75, 3.05) is 37.1 Å². The molecule has 0 aliphatic heterocycles. The number of ether oxygens (including phenoxy) is 4. The van der Waals surface area contributed by atoms with Gasteiger partial charge in [0.05, 0.1) is 31.5 Å². The molecule has 1 N–H and O–H groups in total. The number of methoxy groups -OCH3 is 2. The van der Waals surface area contributed by atoms with Crippen LogP contribution in [0.1, 0.15) is 60.8 Å². The first-order valence-electron chi connectivity index (χ1n) is 16.3. The highest BCUT2D eigenvalue weighted by atomic mass is 16.6. The molecule has 12 nitrogen and oxygen atoms in total. The Bertz CT molecular complexity index is 1880. The van der Waals surface area contributed by atoms with Crippen molar-refractivity contribution in [3.8, 4) is 0 Å². The fourth-order valence-electron chi connectivity index (χ4n) is 4.78. The Morgan fingerprint density at radius 2 is 1.11 bits per heavy atom. The van der Waals surface area contributed by atoms with E-state index in [2.05, 4.69) is 17.9 Å². The molecular weight excluding hydrogens is 680 g/mol. The molecule has 0 bridgehead atoms. The number of carbonyl (C=O) groups is 5. The maximum Gasteiger partial charge on any atom is 0.414 e. The topological polar surface area (TPSA) is 149 Å². The maximum absolute atomic E-state index is 12.6. The number of amides is 2. The van der Waals surface area contributed by atoms with Crippen molar-refractivity contribution in [2.45, 2.75) is 26.2 Å². The van der Waals surface area contributed by atoms with E-state index in [4.69, 9.17) is 14.2 Å². The Balaban J connectivity index is 0.000000286. The molecule has 0 aliphatic rings. The van der Waals surface area contributed by atoms with E-state index in [-0.39, 0.29) is 43.0 Å². The zero-order chi connectivity index (χ0) is 38.8. The van der Waals surface area contributed by atoms with Gasteiger partial charge in [-0.15, -0.1) is 13.2 Å². The molecule has 0 heterocycles. The summed E-state index contributed by atoms with van der Waals surface area (Å²) in [6, 6.07) is 27.6. The number of aldehydes is 1. The second kappa shape index (κ2) is 21.0. The van der Waals surface area contributed by atoms with Crippen molar-refractivity contribution in [3.05, 3.63) is 156 Å². The van der Waals surface area contributed by atoms with Crippen molar-refractivity contribution in [1.29, 1.82) is 0 Å². The first-order chi connectivity index (χ1) is 25.5. The molecule has 4 aromatic rings. The summed E-state index contributed by atoms with van der Waals surface area (Å²) in [6.07, 6.45) is 1.65. The van der Waals surface area contributed by atoms with E-state index in [1.54, 1.807) is 19.1 Å². The third-order valence-corrected chi connectivity index (χ3v) is 7.44. The van der Waals surface area contributed by atoms with Gasteiger partial charge in [0.2, 0.25) is 0 Å². The average Bonchev–Trinajstić information content (AvgIpc) is 3.19. The lowest BCUT2D eigenvalue weighted by atomic mass is 10.0. The van der Waals surface area contributed by atoms with Gasteiger partial charge in [-0.1, -0.05) is 72.8 Å².